The topological polar surface area (TPSA) is 122 Å². The number of nitrogens with one attached hydrogen (secondary N) is 2. The summed E-state index contributed by atoms with van der Waals surface area (Å²) in [6, 6.07) is 19.3. The van der Waals surface area contributed by atoms with E-state index in [0.717, 1.165) is 4.31 Å². The van der Waals surface area contributed by atoms with Crippen LogP contribution in [0.15, 0.2) is 82.6 Å². The molecule has 0 aliphatic rings. The lowest BCUT2D eigenvalue weighted by molar-refractivity contribution is -0.116. The molecule has 0 aromatic heterocycles. The van der Waals surface area contributed by atoms with Gasteiger partial charge >= 0.3 is 0 Å². The third-order valence-corrected chi connectivity index (χ3v) is 8.57. The molecule has 0 heterocycles. The molecule has 11 heteroatoms. The molecular weight excluding hydrogens is 502 g/mol. The van der Waals surface area contributed by atoms with Crippen LogP contribution in [0.2, 0.25) is 0 Å². The van der Waals surface area contributed by atoms with Crippen molar-refractivity contribution in [2.45, 2.75) is 30.2 Å². The minimum atomic E-state index is -4.05. The number of amides is 1. The van der Waals surface area contributed by atoms with Crippen molar-refractivity contribution >= 4 is 31.6 Å². The maximum absolute atomic E-state index is 13.5. The van der Waals surface area contributed by atoms with Gasteiger partial charge in [-0.1, -0.05) is 36.4 Å². The summed E-state index contributed by atoms with van der Waals surface area (Å²) in [5.74, 6) is -0.0711. The van der Waals surface area contributed by atoms with Crippen molar-refractivity contribution in [2.75, 3.05) is 25.5 Å². The summed E-state index contributed by atoms with van der Waals surface area (Å²) in [4.78, 5) is 13.0. The fraction of sp³-hybridized carbons (Fsp3) is 0.240. The number of carbonyl (C=O) groups excluding carboxylic acids is 1. The molecule has 36 heavy (non-hydrogen) atoms. The van der Waals surface area contributed by atoms with Gasteiger partial charge in [-0.25, -0.2) is 21.6 Å². The molecule has 0 radical (unpaired) electrons. The largest absolute Gasteiger partial charge is 0.494 e. The van der Waals surface area contributed by atoms with Crippen molar-refractivity contribution < 1.29 is 26.4 Å². The van der Waals surface area contributed by atoms with Crippen molar-refractivity contribution in [2.24, 2.45) is 0 Å². The molecule has 0 spiro atoms. The summed E-state index contributed by atoms with van der Waals surface area (Å²) in [5, 5.41) is 2.66. The molecule has 1 amide bonds. The number of rotatable bonds is 11. The number of nitrogens with zero attached hydrogens (tertiary/aromatic N) is 1. The van der Waals surface area contributed by atoms with E-state index in [1.165, 1.54) is 31.3 Å². The second kappa shape index (κ2) is 11.7. The molecule has 9 nitrogen and oxygen atoms in total. The zero-order valence-corrected chi connectivity index (χ0v) is 21.9. The molecule has 0 bridgehead atoms. The van der Waals surface area contributed by atoms with Gasteiger partial charge in [-0.05, 0) is 68.4 Å². The SMILES string of the molecule is CCOc1ccc(S(=O)(=O)N(CC(=O)Nc2cc(S(=O)(=O)NC)ccc2C)Cc2ccccc2)cc1. The zero-order valence-electron chi connectivity index (χ0n) is 20.3. The standard InChI is InChI=1S/C25H29N3O6S2/c1-4-34-21-11-14-22(15-12-21)36(32,33)28(17-20-8-6-5-7-9-20)18-25(29)27-24-16-23(13-10-19(24)2)35(30,31)26-3/h5-16,26H,4,17-18H2,1-3H3,(H,27,29). The van der Waals surface area contributed by atoms with Crippen LogP contribution in [0.25, 0.3) is 0 Å². The average molecular weight is 532 g/mol. The molecule has 0 saturated heterocycles. The Hall–Kier alpha value is -3.25. The van der Waals surface area contributed by atoms with E-state index in [1.807, 2.05) is 13.0 Å². The van der Waals surface area contributed by atoms with Gasteiger partial charge in [0.15, 0.2) is 0 Å². The normalized spacial score (nSPS) is 11.9. The van der Waals surface area contributed by atoms with Crippen LogP contribution in [0.4, 0.5) is 5.69 Å². The van der Waals surface area contributed by atoms with E-state index in [1.54, 1.807) is 49.4 Å². The minimum absolute atomic E-state index is 0.0194. The first kappa shape index (κ1) is 27.3. The maximum atomic E-state index is 13.5. The van der Waals surface area contributed by atoms with Crippen LogP contribution in [-0.2, 0) is 31.4 Å². The summed E-state index contributed by atoms with van der Waals surface area (Å²) in [5.41, 5.74) is 1.61. The fourth-order valence-electron chi connectivity index (χ4n) is 3.41. The maximum Gasteiger partial charge on any atom is 0.243 e. The highest BCUT2D eigenvalue weighted by atomic mass is 32.2. The third-order valence-electron chi connectivity index (χ3n) is 5.36. The smallest absolute Gasteiger partial charge is 0.243 e. The van der Waals surface area contributed by atoms with Gasteiger partial charge in [0.25, 0.3) is 0 Å². The minimum Gasteiger partial charge on any atom is -0.494 e. The highest BCUT2D eigenvalue weighted by Crippen LogP contribution is 2.23. The summed E-state index contributed by atoms with van der Waals surface area (Å²) in [6.07, 6.45) is 0. The molecule has 0 fully saturated rings. The van der Waals surface area contributed by atoms with Crippen LogP contribution >= 0.6 is 0 Å². The molecule has 3 rings (SSSR count). The number of benzene rings is 3. The van der Waals surface area contributed by atoms with E-state index < -0.39 is 32.5 Å². The van der Waals surface area contributed by atoms with Crippen LogP contribution in [-0.4, -0.2) is 47.2 Å². The summed E-state index contributed by atoms with van der Waals surface area (Å²) in [6.45, 7) is 3.48. The van der Waals surface area contributed by atoms with Crippen LogP contribution in [0.3, 0.4) is 0 Å². The molecule has 2 N–H and O–H groups in total. The molecule has 0 atom stereocenters. The van der Waals surface area contributed by atoms with Crippen molar-refractivity contribution in [1.29, 1.82) is 0 Å². The van der Waals surface area contributed by atoms with Crippen molar-refractivity contribution in [3.63, 3.8) is 0 Å². The molecule has 0 unspecified atom stereocenters. The number of anilines is 1. The summed E-state index contributed by atoms with van der Waals surface area (Å²) < 4.78 is 60.0. The highest BCUT2D eigenvalue weighted by Gasteiger charge is 2.27. The lowest BCUT2D eigenvalue weighted by atomic mass is 10.2. The predicted octanol–water partition coefficient (Wildman–Crippen LogP) is 3.13. The second-order valence-corrected chi connectivity index (χ2v) is 11.7. The number of sulfonamides is 2. The number of carbonyl (C=O) groups is 1. The summed E-state index contributed by atoms with van der Waals surface area (Å²) in [7, 11) is -6.48. The molecular formula is C25H29N3O6S2. The Morgan fingerprint density at radius 3 is 2.17 bits per heavy atom. The van der Waals surface area contributed by atoms with Gasteiger partial charge in [-0.15, -0.1) is 0 Å². The monoisotopic (exact) mass is 531 g/mol. The Morgan fingerprint density at radius 1 is 0.917 bits per heavy atom. The molecule has 0 saturated carbocycles. The van der Waals surface area contributed by atoms with Crippen LogP contribution in [0.5, 0.6) is 5.75 Å². The van der Waals surface area contributed by atoms with Crippen molar-refractivity contribution in [3.8, 4) is 5.75 Å². The van der Waals surface area contributed by atoms with Crippen LogP contribution in [0, 0.1) is 6.92 Å². The first-order chi connectivity index (χ1) is 17.1. The van der Waals surface area contributed by atoms with Gasteiger partial charge in [0, 0.05) is 12.2 Å². The first-order valence-electron chi connectivity index (χ1n) is 11.2. The average Bonchev–Trinajstić information content (AvgIpc) is 2.86. The molecule has 0 aliphatic carbocycles. The van der Waals surface area contributed by atoms with Crippen LogP contribution in [0.1, 0.15) is 18.1 Å². The lowest BCUT2D eigenvalue weighted by Crippen LogP contribution is -2.37. The van der Waals surface area contributed by atoms with Gasteiger partial charge in [0.1, 0.15) is 5.75 Å². The van der Waals surface area contributed by atoms with Gasteiger partial charge in [-0.2, -0.15) is 4.31 Å². The highest BCUT2D eigenvalue weighted by molar-refractivity contribution is 7.89. The van der Waals surface area contributed by atoms with Gasteiger partial charge < -0.3 is 10.1 Å². The molecule has 3 aromatic rings. The third kappa shape index (κ3) is 6.70. The Bertz CT molecular complexity index is 1410. The Balaban J connectivity index is 1.89. The number of ether oxygens (including phenoxy) is 1. The second-order valence-electron chi connectivity index (χ2n) is 7.90. The Labute approximate surface area is 212 Å². The Morgan fingerprint density at radius 2 is 1.56 bits per heavy atom. The van der Waals surface area contributed by atoms with E-state index in [0.29, 0.717) is 23.5 Å². The van der Waals surface area contributed by atoms with E-state index in [2.05, 4.69) is 10.0 Å². The molecule has 0 aliphatic heterocycles. The van der Waals surface area contributed by atoms with E-state index in [9.17, 15) is 21.6 Å². The number of aryl methyl sites for hydroxylation is 1. The van der Waals surface area contributed by atoms with E-state index >= 15 is 0 Å². The molecule has 3 aromatic carbocycles. The van der Waals surface area contributed by atoms with Crippen LogP contribution < -0.4 is 14.8 Å². The van der Waals surface area contributed by atoms with E-state index in [-0.39, 0.29) is 22.0 Å². The lowest BCUT2D eigenvalue weighted by Gasteiger charge is -2.22. The first-order valence-corrected chi connectivity index (χ1v) is 14.1. The fourth-order valence-corrected chi connectivity index (χ4v) is 5.55. The van der Waals surface area contributed by atoms with E-state index in [4.69, 9.17) is 4.74 Å². The number of hydrogen-bond acceptors (Lipinski definition) is 6. The summed E-state index contributed by atoms with van der Waals surface area (Å²) >= 11 is 0. The quantitative estimate of drug-likeness (QED) is 0.392. The Kier molecular flexibility index (Phi) is 8.85. The van der Waals surface area contributed by atoms with Gasteiger partial charge in [-0.3, -0.25) is 4.79 Å². The predicted molar refractivity (Wildman–Crippen MR) is 138 cm³/mol. The van der Waals surface area contributed by atoms with Crippen molar-refractivity contribution in [1.82, 2.24) is 9.03 Å². The van der Waals surface area contributed by atoms with Crippen molar-refractivity contribution in [3.05, 3.63) is 83.9 Å². The molecule has 192 valence electrons. The van der Waals surface area contributed by atoms with Gasteiger partial charge in [0.2, 0.25) is 26.0 Å². The number of hydrogen-bond donors (Lipinski definition) is 2. The zero-order chi connectivity index (χ0) is 26.3. The van der Waals surface area contributed by atoms with Gasteiger partial charge in [0.05, 0.1) is 22.9 Å².